The first kappa shape index (κ1) is 18.7. The highest BCUT2D eigenvalue weighted by Crippen LogP contribution is 2.17. The number of rotatable bonds is 7. The first-order valence-corrected chi connectivity index (χ1v) is 7.92. The van der Waals surface area contributed by atoms with Gasteiger partial charge in [0, 0.05) is 5.69 Å². The summed E-state index contributed by atoms with van der Waals surface area (Å²) in [6.45, 7) is 1.95. The van der Waals surface area contributed by atoms with Gasteiger partial charge in [0.2, 0.25) is 0 Å². The molecular formula is C20H18N2O4. The van der Waals surface area contributed by atoms with E-state index in [4.69, 9.17) is 9.84 Å². The molecule has 0 saturated heterocycles. The summed E-state index contributed by atoms with van der Waals surface area (Å²) < 4.78 is 5.35. The SMILES string of the molecule is Cc1cccc(NC(=O)/C(C#N)=C\c2cccc(OCCC(=O)O)c2)c1. The van der Waals surface area contributed by atoms with Crippen molar-refractivity contribution in [3.05, 3.63) is 65.2 Å². The lowest BCUT2D eigenvalue weighted by Crippen LogP contribution is -2.13. The fraction of sp³-hybridized carbons (Fsp3) is 0.150. The summed E-state index contributed by atoms with van der Waals surface area (Å²) >= 11 is 0. The maximum Gasteiger partial charge on any atom is 0.306 e. The van der Waals surface area contributed by atoms with E-state index in [1.165, 1.54) is 6.08 Å². The van der Waals surface area contributed by atoms with Gasteiger partial charge in [0.15, 0.2) is 0 Å². The lowest BCUT2D eigenvalue weighted by atomic mass is 10.1. The van der Waals surface area contributed by atoms with Gasteiger partial charge in [0.25, 0.3) is 5.91 Å². The number of anilines is 1. The lowest BCUT2D eigenvalue weighted by molar-refractivity contribution is -0.137. The Bertz CT molecular complexity index is 881. The number of aryl methyl sites for hydroxylation is 1. The largest absolute Gasteiger partial charge is 0.493 e. The molecule has 0 spiro atoms. The normalized spacial score (nSPS) is 10.7. The molecule has 6 nitrogen and oxygen atoms in total. The van der Waals surface area contributed by atoms with Crippen molar-refractivity contribution in [1.29, 1.82) is 5.26 Å². The summed E-state index contributed by atoms with van der Waals surface area (Å²) in [6.07, 6.45) is 1.34. The Balaban J connectivity index is 2.11. The number of carbonyl (C=O) groups excluding carboxylic acids is 1. The van der Waals surface area contributed by atoms with Crippen LogP contribution in [-0.4, -0.2) is 23.6 Å². The van der Waals surface area contributed by atoms with E-state index in [0.29, 0.717) is 17.0 Å². The van der Waals surface area contributed by atoms with Crippen LogP contribution >= 0.6 is 0 Å². The van der Waals surface area contributed by atoms with Gasteiger partial charge in [-0.05, 0) is 48.4 Å². The Labute approximate surface area is 151 Å². The molecule has 6 heteroatoms. The van der Waals surface area contributed by atoms with Gasteiger partial charge in [-0.3, -0.25) is 9.59 Å². The molecule has 0 unspecified atom stereocenters. The fourth-order valence-corrected chi connectivity index (χ4v) is 2.19. The summed E-state index contributed by atoms with van der Waals surface area (Å²) in [5.74, 6) is -0.979. The fourth-order valence-electron chi connectivity index (χ4n) is 2.19. The Morgan fingerprint density at radius 3 is 2.69 bits per heavy atom. The summed E-state index contributed by atoms with van der Waals surface area (Å²) in [7, 11) is 0. The number of hydrogen-bond donors (Lipinski definition) is 2. The molecule has 1 amide bonds. The van der Waals surface area contributed by atoms with Crippen LogP contribution in [0.1, 0.15) is 17.5 Å². The quantitative estimate of drug-likeness (QED) is 0.589. The Kier molecular flexibility index (Phi) is 6.52. The van der Waals surface area contributed by atoms with Crippen molar-refractivity contribution in [1.82, 2.24) is 0 Å². The number of carboxylic acid groups (broad SMARTS) is 1. The van der Waals surface area contributed by atoms with E-state index in [1.54, 1.807) is 30.3 Å². The highest BCUT2D eigenvalue weighted by molar-refractivity contribution is 6.09. The van der Waals surface area contributed by atoms with Gasteiger partial charge in [-0.15, -0.1) is 0 Å². The third-order valence-electron chi connectivity index (χ3n) is 3.39. The third-order valence-corrected chi connectivity index (χ3v) is 3.39. The molecule has 2 N–H and O–H groups in total. The van der Waals surface area contributed by atoms with Crippen LogP contribution in [0.5, 0.6) is 5.75 Å². The van der Waals surface area contributed by atoms with E-state index in [9.17, 15) is 14.9 Å². The van der Waals surface area contributed by atoms with E-state index >= 15 is 0 Å². The van der Waals surface area contributed by atoms with Crippen LogP contribution in [0.2, 0.25) is 0 Å². The van der Waals surface area contributed by atoms with Crippen LogP contribution in [0.25, 0.3) is 6.08 Å². The molecule has 132 valence electrons. The molecule has 26 heavy (non-hydrogen) atoms. The third kappa shape index (κ3) is 5.80. The smallest absolute Gasteiger partial charge is 0.306 e. The van der Waals surface area contributed by atoms with Crippen molar-refractivity contribution in [3.63, 3.8) is 0 Å². The first-order chi connectivity index (χ1) is 12.5. The van der Waals surface area contributed by atoms with Gasteiger partial charge in [0.1, 0.15) is 17.4 Å². The minimum atomic E-state index is -0.944. The molecule has 0 saturated carbocycles. The van der Waals surface area contributed by atoms with Crippen molar-refractivity contribution < 1.29 is 19.4 Å². The second kappa shape index (κ2) is 9.04. The molecule has 0 heterocycles. The second-order valence-electron chi connectivity index (χ2n) is 5.56. The molecule has 0 aliphatic heterocycles. The van der Waals surface area contributed by atoms with Gasteiger partial charge in [0.05, 0.1) is 13.0 Å². The molecule has 2 aromatic carbocycles. The maximum atomic E-state index is 12.3. The molecule has 2 rings (SSSR count). The second-order valence-corrected chi connectivity index (χ2v) is 5.56. The number of nitriles is 1. The van der Waals surface area contributed by atoms with Crippen LogP contribution < -0.4 is 10.1 Å². The van der Waals surface area contributed by atoms with Gasteiger partial charge in [-0.25, -0.2) is 0 Å². The van der Waals surface area contributed by atoms with Crippen LogP contribution in [0.4, 0.5) is 5.69 Å². The van der Waals surface area contributed by atoms with Crippen molar-refractivity contribution in [3.8, 4) is 11.8 Å². The van der Waals surface area contributed by atoms with E-state index in [-0.39, 0.29) is 18.6 Å². The van der Waals surface area contributed by atoms with Crippen LogP contribution in [-0.2, 0) is 9.59 Å². The zero-order valence-electron chi connectivity index (χ0n) is 14.2. The highest BCUT2D eigenvalue weighted by atomic mass is 16.5. The molecule has 0 aromatic heterocycles. The Hall–Kier alpha value is -3.59. The number of carbonyl (C=O) groups is 2. The Morgan fingerprint density at radius 1 is 1.23 bits per heavy atom. The van der Waals surface area contributed by atoms with E-state index < -0.39 is 11.9 Å². The van der Waals surface area contributed by atoms with Crippen molar-refractivity contribution in [2.45, 2.75) is 13.3 Å². The average molecular weight is 350 g/mol. The van der Waals surface area contributed by atoms with Crippen LogP contribution in [0.3, 0.4) is 0 Å². The number of aliphatic carboxylic acids is 1. The number of nitrogens with one attached hydrogen (secondary N) is 1. The molecule has 0 bridgehead atoms. The first-order valence-electron chi connectivity index (χ1n) is 7.92. The topological polar surface area (TPSA) is 99.4 Å². The summed E-state index contributed by atoms with van der Waals surface area (Å²) in [6, 6.07) is 15.9. The molecule has 0 aliphatic carbocycles. The predicted octanol–water partition coefficient (Wildman–Crippen LogP) is 3.39. The van der Waals surface area contributed by atoms with Gasteiger partial charge in [-0.2, -0.15) is 5.26 Å². The number of hydrogen-bond acceptors (Lipinski definition) is 4. The van der Waals surface area contributed by atoms with Gasteiger partial charge < -0.3 is 15.2 Å². The number of benzene rings is 2. The summed E-state index contributed by atoms with van der Waals surface area (Å²) in [4.78, 5) is 22.8. The average Bonchev–Trinajstić information content (AvgIpc) is 2.59. The van der Waals surface area contributed by atoms with Gasteiger partial charge in [-0.1, -0.05) is 24.3 Å². The molecular weight excluding hydrogens is 332 g/mol. The van der Waals surface area contributed by atoms with Crippen LogP contribution in [0.15, 0.2) is 54.1 Å². The van der Waals surface area contributed by atoms with Crippen LogP contribution in [0, 0.1) is 18.3 Å². The number of carboxylic acids is 1. The summed E-state index contributed by atoms with van der Waals surface area (Å²) in [5, 5.41) is 20.6. The van der Waals surface area contributed by atoms with Crippen molar-refractivity contribution in [2.24, 2.45) is 0 Å². The highest BCUT2D eigenvalue weighted by Gasteiger charge is 2.10. The molecule has 2 aromatic rings. The van der Waals surface area contributed by atoms with E-state index in [2.05, 4.69) is 5.32 Å². The predicted molar refractivity (Wildman–Crippen MR) is 97.6 cm³/mol. The number of ether oxygens (including phenoxy) is 1. The number of amides is 1. The molecule has 0 atom stereocenters. The van der Waals surface area contributed by atoms with E-state index in [1.807, 2.05) is 31.2 Å². The van der Waals surface area contributed by atoms with Crippen molar-refractivity contribution >= 4 is 23.6 Å². The van der Waals surface area contributed by atoms with Gasteiger partial charge >= 0.3 is 5.97 Å². The molecule has 0 aliphatic rings. The minimum Gasteiger partial charge on any atom is -0.493 e. The van der Waals surface area contributed by atoms with E-state index in [0.717, 1.165) is 5.56 Å². The lowest BCUT2D eigenvalue weighted by Gasteiger charge is -2.07. The molecule has 0 fully saturated rings. The number of nitrogens with zero attached hydrogens (tertiary/aromatic N) is 1. The van der Waals surface area contributed by atoms with Crippen molar-refractivity contribution in [2.75, 3.05) is 11.9 Å². The standard InChI is InChI=1S/C20H18N2O4/c1-14-4-2-6-17(10-14)22-20(25)16(13-21)11-15-5-3-7-18(12-15)26-9-8-19(23)24/h2-7,10-12H,8-9H2,1H3,(H,22,25)(H,23,24)/b16-11-. The maximum absolute atomic E-state index is 12.3. The Morgan fingerprint density at radius 2 is 2.00 bits per heavy atom. The zero-order chi connectivity index (χ0) is 18.9. The monoisotopic (exact) mass is 350 g/mol. The molecule has 0 radical (unpaired) electrons. The zero-order valence-corrected chi connectivity index (χ0v) is 14.2. The summed E-state index contributed by atoms with van der Waals surface area (Å²) in [5.41, 5.74) is 2.17. The minimum absolute atomic E-state index is 0.0431.